The molecule has 0 bridgehead atoms. The summed E-state index contributed by atoms with van der Waals surface area (Å²) < 4.78 is 0. The van der Waals surface area contributed by atoms with Gasteiger partial charge in [-0.05, 0) is 30.0 Å². The number of aromatic carboxylic acids is 1. The molecular formula is C13H20N2O2. The molecule has 1 aromatic rings. The number of benzene rings is 1. The van der Waals surface area contributed by atoms with Crippen LogP contribution in [0.25, 0.3) is 0 Å². The number of hydrogen-bond donors (Lipinski definition) is 3. The second-order valence-electron chi connectivity index (χ2n) is 4.98. The summed E-state index contributed by atoms with van der Waals surface area (Å²) in [5.41, 5.74) is 7.47. The number of carboxylic acids is 1. The van der Waals surface area contributed by atoms with Crippen LogP contribution < -0.4 is 11.1 Å². The minimum absolute atomic E-state index is 0.192. The SMILES string of the molecule is CCC(C)(C)CNc1ccc(C(=O)O)cc1N. The Bertz CT molecular complexity index is 414. The predicted octanol–water partition coefficient (Wildman–Crippen LogP) is 2.82. The maximum Gasteiger partial charge on any atom is 0.335 e. The first-order valence-corrected chi connectivity index (χ1v) is 5.72. The molecule has 0 saturated heterocycles. The van der Waals surface area contributed by atoms with Crippen molar-refractivity contribution in [2.75, 3.05) is 17.6 Å². The third-order valence-corrected chi connectivity index (χ3v) is 3.01. The van der Waals surface area contributed by atoms with Gasteiger partial charge in [-0.25, -0.2) is 4.79 Å². The zero-order chi connectivity index (χ0) is 13.1. The van der Waals surface area contributed by atoms with Gasteiger partial charge in [0.25, 0.3) is 0 Å². The summed E-state index contributed by atoms with van der Waals surface area (Å²) in [6.07, 6.45) is 1.06. The molecular weight excluding hydrogens is 216 g/mol. The Morgan fingerprint density at radius 1 is 1.47 bits per heavy atom. The minimum atomic E-state index is -0.961. The van der Waals surface area contributed by atoms with E-state index in [4.69, 9.17) is 10.8 Å². The molecule has 94 valence electrons. The van der Waals surface area contributed by atoms with Crippen molar-refractivity contribution in [3.63, 3.8) is 0 Å². The number of nitrogens with two attached hydrogens (primary N) is 1. The van der Waals surface area contributed by atoms with Crippen LogP contribution in [0.5, 0.6) is 0 Å². The predicted molar refractivity (Wildman–Crippen MR) is 70.4 cm³/mol. The smallest absolute Gasteiger partial charge is 0.335 e. The fourth-order valence-electron chi connectivity index (χ4n) is 1.32. The molecule has 0 aromatic heterocycles. The molecule has 0 spiro atoms. The number of nitrogens with one attached hydrogen (secondary N) is 1. The van der Waals surface area contributed by atoms with Crippen molar-refractivity contribution in [3.05, 3.63) is 23.8 Å². The van der Waals surface area contributed by atoms with Gasteiger partial charge in [0, 0.05) is 6.54 Å². The van der Waals surface area contributed by atoms with Crippen molar-refractivity contribution in [2.24, 2.45) is 5.41 Å². The van der Waals surface area contributed by atoms with Crippen LogP contribution >= 0.6 is 0 Å². The van der Waals surface area contributed by atoms with Crippen LogP contribution in [0.2, 0.25) is 0 Å². The van der Waals surface area contributed by atoms with E-state index in [2.05, 4.69) is 26.1 Å². The average molecular weight is 236 g/mol. The molecule has 0 saturated carbocycles. The third kappa shape index (κ3) is 3.66. The molecule has 0 atom stereocenters. The van der Waals surface area contributed by atoms with Crippen molar-refractivity contribution < 1.29 is 9.90 Å². The molecule has 0 aliphatic carbocycles. The van der Waals surface area contributed by atoms with Crippen molar-refractivity contribution >= 4 is 17.3 Å². The highest BCUT2D eigenvalue weighted by Gasteiger charge is 2.15. The van der Waals surface area contributed by atoms with Gasteiger partial charge in [-0.1, -0.05) is 20.8 Å². The number of anilines is 2. The molecule has 0 heterocycles. The summed E-state index contributed by atoms with van der Waals surface area (Å²) in [4.78, 5) is 10.8. The molecule has 1 aromatic carbocycles. The second-order valence-corrected chi connectivity index (χ2v) is 4.98. The van der Waals surface area contributed by atoms with Gasteiger partial charge < -0.3 is 16.2 Å². The van der Waals surface area contributed by atoms with E-state index in [0.717, 1.165) is 18.7 Å². The Morgan fingerprint density at radius 2 is 2.12 bits per heavy atom. The molecule has 0 aliphatic heterocycles. The number of nitrogen functional groups attached to an aromatic ring is 1. The van der Waals surface area contributed by atoms with Crippen molar-refractivity contribution in [1.82, 2.24) is 0 Å². The molecule has 0 radical (unpaired) electrons. The van der Waals surface area contributed by atoms with Gasteiger partial charge in [0.15, 0.2) is 0 Å². The fraction of sp³-hybridized carbons (Fsp3) is 0.462. The molecule has 0 aliphatic rings. The topological polar surface area (TPSA) is 75.3 Å². The maximum absolute atomic E-state index is 10.8. The summed E-state index contributed by atoms with van der Waals surface area (Å²) in [5.74, 6) is -0.961. The van der Waals surface area contributed by atoms with Gasteiger partial charge in [0.05, 0.1) is 16.9 Å². The first-order chi connectivity index (χ1) is 7.85. The molecule has 1 rings (SSSR count). The zero-order valence-corrected chi connectivity index (χ0v) is 10.6. The molecule has 4 heteroatoms. The quantitative estimate of drug-likeness (QED) is 0.687. The van der Waals surface area contributed by atoms with E-state index in [1.807, 2.05) is 0 Å². The summed E-state index contributed by atoms with van der Waals surface area (Å²) in [6, 6.07) is 4.74. The summed E-state index contributed by atoms with van der Waals surface area (Å²) in [7, 11) is 0. The Kier molecular flexibility index (Phi) is 3.99. The first-order valence-electron chi connectivity index (χ1n) is 5.72. The normalized spacial score (nSPS) is 11.2. The third-order valence-electron chi connectivity index (χ3n) is 3.01. The Morgan fingerprint density at radius 3 is 2.59 bits per heavy atom. The van der Waals surface area contributed by atoms with Crippen LogP contribution in [0.15, 0.2) is 18.2 Å². The number of rotatable bonds is 5. The lowest BCUT2D eigenvalue weighted by Gasteiger charge is -2.24. The monoisotopic (exact) mass is 236 g/mol. The van der Waals surface area contributed by atoms with Crippen LogP contribution in [-0.2, 0) is 0 Å². The standard InChI is InChI=1S/C13H20N2O2/c1-4-13(2,3)8-15-11-6-5-9(12(16)17)7-10(11)14/h5-7,15H,4,8,14H2,1-3H3,(H,16,17). The van der Waals surface area contributed by atoms with Gasteiger partial charge in [-0.3, -0.25) is 0 Å². The molecule has 4 N–H and O–H groups in total. The van der Waals surface area contributed by atoms with Gasteiger partial charge in [-0.2, -0.15) is 0 Å². The van der Waals surface area contributed by atoms with E-state index in [1.165, 1.54) is 6.07 Å². The van der Waals surface area contributed by atoms with Gasteiger partial charge in [-0.15, -0.1) is 0 Å². The van der Waals surface area contributed by atoms with Crippen LogP contribution in [0.4, 0.5) is 11.4 Å². The fourth-order valence-corrected chi connectivity index (χ4v) is 1.32. The minimum Gasteiger partial charge on any atom is -0.478 e. The second kappa shape index (κ2) is 5.08. The Labute approximate surface area is 102 Å². The summed E-state index contributed by atoms with van der Waals surface area (Å²) >= 11 is 0. The van der Waals surface area contributed by atoms with E-state index >= 15 is 0 Å². The maximum atomic E-state index is 10.8. The number of carbonyl (C=O) groups is 1. The number of carboxylic acid groups (broad SMARTS) is 1. The largest absolute Gasteiger partial charge is 0.478 e. The van der Waals surface area contributed by atoms with E-state index in [-0.39, 0.29) is 11.0 Å². The zero-order valence-electron chi connectivity index (χ0n) is 10.6. The highest BCUT2D eigenvalue weighted by Crippen LogP contribution is 2.24. The Balaban J connectivity index is 2.77. The van der Waals surface area contributed by atoms with Crippen LogP contribution in [0, 0.1) is 5.41 Å². The molecule has 4 nitrogen and oxygen atoms in total. The average Bonchev–Trinajstić information content (AvgIpc) is 2.27. The lowest BCUT2D eigenvalue weighted by molar-refractivity contribution is 0.0697. The van der Waals surface area contributed by atoms with E-state index in [0.29, 0.717) is 5.69 Å². The molecule has 17 heavy (non-hydrogen) atoms. The summed E-state index contributed by atoms with van der Waals surface area (Å²) in [5, 5.41) is 12.1. The number of hydrogen-bond acceptors (Lipinski definition) is 3. The van der Waals surface area contributed by atoms with E-state index in [9.17, 15) is 4.79 Å². The van der Waals surface area contributed by atoms with Crippen molar-refractivity contribution in [2.45, 2.75) is 27.2 Å². The summed E-state index contributed by atoms with van der Waals surface area (Å²) in [6.45, 7) is 7.28. The lowest BCUT2D eigenvalue weighted by atomic mass is 9.90. The van der Waals surface area contributed by atoms with Crippen LogP contribution in [0.1, 0.15) is 37.6 Å². The van der Waals surface area contributed by atoms with Crippen LogP contribution in [-0.4, -0.2) is 17.6 Å². The van der Waals surface area contributed by atoms with Crippen molar-refractivity contribution in [3.8, 4) is 0 Å². The van der Waals surface area contributed by atoms with Gasteiger partial charge in [0.2, 0.25) is 0 Å². The van der Waals surface area contributed by atoms with Gasteiger partial charge >= 0.3 is 5.97 Å². The van der Waals surface area contributed by atoms with Crippen molar-refractivity contribution in [1.29, 1.82) is 0 Å². The molecule has 0 unspecified atom stereocenters. The van der Waals surface area contributed by atoms with Crippen LogP contribution in [0.3, 0.4) is 0 Å². The lowest BCUT2D eigenvalue weighted by Crippen LogP contribution is -2.22. The van der Waals surface area contributed by atoms with E-state index in [1.54, 1.807) is 12.1 Å². The highest BCUT2D eigenvalue weighted by atomic mass is 16.4. The van der Waals surface area contributed by atoms with E-state index < -0.39 is 5.97 Å². The highest BCUT2D eigenvalue weighted by molar-refractivity contribution is 5.90. The molecule has 0 amide bonds. The van der Waals surface area contributed by atoms with Gasteiger partial charge in [0.1, 0.15) is 0 Å². The first kappa shape index (κ1) is 13.4. The Hall–Kier alpha value is -1.71. The molecule has 0 fully saturated rings.